The van der Waals surface area contributed by atoms with Gasteiger partial charge in [-0.1, -0.05) is 11.8 Å². The number of hydrogen-bond donors (Lipinski definition) is 2. The van der Waals surface area contributed by atoms with E-state index in [1.807, 2.05) is 4.90 Å². The summed E-state index contributed by atoms with van der Waals surface area (Å²) in [5.74, 6) is 5.59. The van der Waals surface area contributed by atoms with Crippen LogP contribution < -0.4 is 11.2 Å². The number of benzene rings is 2. The minimum absolute atomic E-state index is 0.0632. The van der Waals surface area contributed by atoms with Crippen molar-refractivity contribution < 1.29 is 18.4 Å². The molecule has 1 aliphatic rings. The highest BCUT2D eigenvalue weighted by Gasteiger charge is 2.23. The highest BCUT2D eigenvalue weighted by Crippen LogP contribution is 2.22. The zero-order valence-corrected chi connectivity index (χ0v) is 19.0. The molecule has 0 radical (unpaired) electrons. The van der Waals surface area contributed by atoms with Gasteiger partial charge in [0, 0.05) is 37.4 Å². The second-order valence-electron chi connectivity index (χ2n) is 7.68. The topological polar surface area (TPSA) is 109 Å². The lowest BCUT2D eigenvalue weighted by atomic mass is 10.2. The molecule has 0 unspecified atom stereocenters. The van der Waals surface area contributed by atoms with Gasteiger partial charge < -0.3 is 16.1 Å². The van der Waals surface area contributed by atoms with Crippen molar-refractivity contribution in [2.45, 2.75) is 5.16 Å². The van der Waals surface area contributed by atoms with Gasteiger partial charge in [-0.15, -0.1) is 10.2 Å². The first-order valence-corrected chi connectivity index (χ1v) is 11.5. The lowest BCUT2D eigenvalue weighted by Crippen LogP contribution is -2.50. The lowest BCUT2D eigenvalue weighted by Gasteiger charge is -2.34. The number of piperazine rings is 1. The maximum atomic E-state index is 13.1. The number of aromatic nitrogens is 3. The van der Waals surface area contributed by atoms with Crippen LogP contribution in [0.2, 0.25) is 0 Å². The molecule has 2 heterocycles. The summed E-state index contributed by atoms with van der Waals surface area (Å²) in [5.41, 5.74) is 1.15. The third kappa shape index (κ3) is 5.88. The SMILES string of the molecule is Nn1c(SCC(=O)N2CCN(CC(=O)Nc3ccc(F)cc3)CC2)nnc1-c1ccc(F)cc1. The van der Waals surface area contributed by atoms with Crippen molar-refractivity contribution in [3.8, 4) is 11.4 Å². The van der Waals surface area contributed by atoms with Crippen molar-refractivity contribution >= 4 is 29.3 Å². The predicted molar refractivity (Wildman–Crippen MR) is 124 cm³/mol. The number of hydrogen-bond acceptors (Lipinski definition) is 7. The fourth-order valence-electron chi connectivity index (χ4n) is 3.48. The maximum absolute atomic E-state index is 13.1. The largest absolute Gasteiger partial charge is 0.339 e. The highest BCUT2D eigenvalue weighted by molar-refractivity contribution is 7.99. The van der Waals surface area contributed by atoms with Crippen LogP contribution in [0.4, 0.5) is 14.5 Å². The average Bonchev–Trinajstić information content (AvgIpc) is 3.20. The molecular weight excluding hydrogens is 464 g/mol. The van der Waals surface area contributed by atoms with Crippen LogP contribution >= 0.6 is 11.8 Å². The Kier molecular flexibility index (Phi) is 7.38. The van der Waals surface area contributed by atoms with E-state index in [4.69, 9.17) is 5.84 Å². The second-order valence-corrected chi connectivity index (χ2v) is 8.63. The van der Waals surface area contributed by atoms with E-state index in [2.05, 4.69) is 15.5 Å². The fourth-order valence-corrected chi connectivity index (χ4v) is 4.24. The number of carbonyl (C=O) groups excluding carboxylic acids is 2. The number of nitrogens with zero attached hydrogens (tertiary/aromatic N) is 5. The summed E-state index contributed by atoms with van der Waals surface area (Å²) in [6.07, 6.45) is 0. The first-order valence-electron chi connectivity index (χ1n) is 10.5. The van der Waals surface area contributed by atoms with Crippen molar-refractivity contribution in [2.75, 3.05) is 49.6 Å². The van der Waals surface area contributed by atoms with Crippen LogP contribution in [0.15, 0.2) is 53.7 Å². The molecule has 9 nitrogen and oxygen atoms in total. The van der Waals surface area contributed by atoms with Crippen molar-refractivity contribution in [3.05, 3.63) is 60.2 Å². The highest BCUT2D eigenvalue weighted by atomic mass is 32.2. The van der Waals surface area contributed by atoms with Gasteiger partial charge in [0.05, 0.1) is 12.3 Å². The van der Waals surface area contributed by atoms with E-state index in [1.54, 1.807) is 17.0 Å². The van der Waals surface area contributed by atoms with Gasteiger partial charge in [0.1, 0.15) is 11.6 Å². The molecule has 2 aromatic carbocycles. The van der Waals surface area contributed by atoms with E-state index < -0.39 is 0 Å². The van der Waals surface area contributed by atoms with Gasteiger partial charge in [0.15, 0.2) is 5.82 Å². The van der Waals surface area contributed by atoms with Gasteiger partial charge in [-0.3, -0.25) is 14.5 Å². The Morgan fingerprint density at radius 2 is 1.56 bits per heavy atom. The van der Waals surface area contributed by atoms with Gasteiger partial charge in [-0.25, -0.2) is 13.5 Å². The summed E-state index contributed by atoms with van der Waals surface area (Å²) in [6.45, 7) is 2.32. The van der Waals surface area contributed by atoms with Crippen LogP contribution in [0, 0.1) is 11.6 Å². The van der Waals surface area contributed by atoms with E-state index >= 15 is 0 Å². The molecule has 0 spiro atoms. The monoisotopic (exact) mass is 487 g/mol. The number of thioether (sulfide) groups is 1. The third-order valence-electron chi connectivity index (χ3n) is 5.31. The van der Waals surface area contributed by atoms with Gasteiger partial charge >= 0.3 is 0 Å². The minimum Gasteiger partial charge on any atom is -0.339 e. The van der Waals surface area contributed by atoms with Gasteiger partial charge in [0.2, 0.25) is 17.0 Å². The third-order valence-corrected chi connectivity index (χ3v) is 6.24. The summed E-state index contributed by atoms with van der Waals surface area (Å²) in [6, 6.07) is 11.3. The summed E-state index contributed by atoms with van der Waals surface area (Å²) >= 11 is 1.18. The minimum atomic E-state index is -0.364. The molecule has 34 heavy (non-hydrogen) atoms. The van der Waals surface area contributed by atoms with Crippen LogP contribution in [0.25, 0.3) is 11.4 Å². The molecule has 0 saturated carbocycles. The Morgan fingerprint density at radius 3 is 2.21 bits per heavy atom. The number of nitrogen functional groups attached to an aromatic ring is 1. The molecule has 4 rings (SSSR count). The molecule has 0 atom stereocenters. The number of halogens is 2. The van der Waals surface area contributed by atoms with E-state index in [0.717, 1.165) is 0 Å². The number of nitrogens with two attached hydrogens (primary N) is 1. The molecule has 178 valence electrons. The Bertz CT molecular complexity index is 1150. The smallest absolute Gasteiger partial charge is 0.238 e. The van der Waals surface area contributed by atoms with Crippen molar-refractivity contribution in [1.29, 1.82) is 0 Å². The number of carbonyl (C=O) groups is 2. The molecule has 1 saturated heterocycles. The van der Waals surface area contributed by atoms with Crippen LogP contribution in [0.1, 0.15) is 0 Å². The van der Waals surface area contributed by atoms with Gasteiger partial charge in [-0.05, 0) is 48.5 Å². The van der Waals surface area contributed by atoms with Crippen LogP contribution in [-0.4, -0.2) is 75.0 Å². The first kappa shape index (κ1) is 23.6. The van der Waals surface area contributed by atoms with Crippen molar-refractivity contribution in [3.63, 3.8) is 0 Å². The maximum Gasteiger partial charge on any atom is 0.238 e. The van der Waals surface area contributed by atoms with E-state index in [0.29, 0.717) is 48.4 Å². The lowest BCUT2D eigenvalue weighted by molar-refractivity contribution is -0.130. The molecule has 0 bridgehead atoms. The molecular formula is C22H23F2N7O2S. The van der Waals surface area contributed by atoms with Crippen molar-refractivity contribution in [2.24, 2.45) is 0 Å². The van der Waals surface area contributed by atoms with Gasteiger partial charge in [-0.2, -0.15) is 0 Å². The summed E-state index contributed by atoms with van der Waals surface area (Å²) in [4.78, 5) is 28.5. The Morgan fingerprint density at radius 1 is 0.941 bits per heavy atom. The fraction of sp³-hybridized carbons (Fsp3) is 0.273. The number of rotatable bonds is 7. The quantitative estimate of drug-likeness (QED) is 0.386. The molecule has 3 N–H and O–H groups in total. The summed E-state index contributed by atoms with van der Waals surface area (Å²) in [5, 5.41) is 11.2. The molecule has 2 amide bonds. The van der Waals surface area contributed by atoms with Crippen molar-refractivity contribution in [1.82, 2.24) is 24.7 Å². The molecule has 1 aliphatic heterocycles. The summed E-state index contributed by atoms with van der Waals surface area (Å²) in [7, 11) is 0. The molecule has 1 fully saturated rings. The molecule has 0 aliphatic carbocycles. The van der Waals surface area contributed by atoms with Crippen LogP contribution in [0.5, 0.6) is 0 Å². The molecule has 12 heteroatoms. The second kappa shape index (κ2) is 10.6. The van der Waals surface area contributed by atoms with E-state index in [9.17, 15) is 18.4 Å². The zero-order valence-electron chi connectivity index (χ0n) is 18.2. The molecule has 1 aromatic heterocycles. The average molecular weight is 488 g/mol. The standard InChI is InChI=1S/C22H23F2N7O2S/c23-16-3-1-15(2-4-16)21-27-28-22(31(21)25)34-14-20(33)30-11-9-29(10-12-30)13-19(32)26-18-7-5-17(24)6-8-18/h1-8H,9-14,25H2,(H,26,32). The van der Waals surface area contributed by atoms with Crippen LogP contribution in [0.3, 0.4) is 0 Å². The van der Waals surface area contributed by atoms with Crippen LogP contribution in [-0.2, 0) is 9.59 Å². The van der Waals surface area contributed by atoms with E-state index in [-0.39, 0.29) is 35.7 Å². The zero-order chi connectivity index (χ0) is 24.1. The molecule has 3 aromatic rings. The Balaban J connectivity index is 1.22. The Labute approximate surface area is 198 Å². The first-order chi connectivity index (χ1) is 16.4. The number of anilines is 1. The van der Waals surface area contributed by atoms with Gasteiger partial charge in [0.25, 0.3) is 0 Å². The Hall–Kier alpha value is -3.51. The number of nitrogens with one attached hydrogen (secondary N) is 1. The number of amides is 2. The normalized spacial score (nSPS) is 14.2. The van der Waals surface area contributed by atoms with E-state index in [1.165, 1.54) is 52.8 Å². The predicted octanol–water partition coefficient (Wildman–Crippen LogP) is 1.81. The summed E-state index contributed by atoms with van der Waals surface area (Å²) < 4.78 is 27.4.